The lowest BCUT2D eigenvalue weighted by Crippen LogP contribution is -2.33. The lowest BCUT2D eigenvalue weighted by molar-refractivity contribution is -0.131. The highest BCUT2D eigenvalue weighted by Gasteiger charge is 2.14. The molecule has 0 bridgehead atoms. The summed E-state index contributed by atoms with van der Waals surface area (Å²) in [5, 5.41) is 3.01. The second-order valence-corrected chi connectivity index (χ2v) is 7.83. The number of rotatable bonds is 11. The molecule has 0 saturated carbocycles. The van der Waals surface area contributed by atoms with Gasteiger partial charge in [-0.2, -0.15) is 0 Å². The topological polar surface area (TPSA) is 95.6 Å². The fourth-order valence-corrected chi connectivity index (χ4v) is 3.64. The van der Waals surface area contributed by atoms with Crippen molar-refractivity contribution in [2.24, 2.45) is 0 Å². The molecule has 0 saturated heterocycles. The van der Waals surface area contributed by atoms with Crippen molar-refractivity contribution in [3.05, 3.63) is 29.3 Å². The monoisotopic (exact) mass is 403 g/mol. The van der Waals surface area contributed by atoms with Gasteiger partial charge in [0.15, 0.2) is 0 Å². The van der Waals surface area contributed by atoms with Gasteiger partial charge in [0.25, 0.3) is 0 Å². The highest BCUT2D eigenvalue weighted by molar-refractivity contribution is 7.89. The smallest absolute Gasteiger partial charge is 0.240 e. The number of carbonyl (C=O) groups is 2. The molecular formula is C17H26ClN3O4S. The van der Waals surface area contributed by atoms with Gasteiger partial charge < -0.3 is 10.2 Å². The van der Waals surface area contributed by atoms with E-state index in [1.807, 2.05) is 13.8 Å². The predicted molar refractivity (Wildman–Crippen MR) is 101 cm³/mol. The molecular weight excluding hydrogens is 378 g/mol. The summed E-state index contributed by atoms with van der Waals surface area (Å²) in [4.78, 5) is 25.4. The van der Waals surface area contributed by atoms with E-state index in [-0.39, 0.29) is 29.7 Å². The minimum absolute atomic E-state index is 0.0148. The Morgan fingerprint density at radius 1 is 1.12 bits per heavy atom. The van der Waals surface area contributed by atoms with E-state index in [2.05, 4.69) is 10.0 Å². The van der Waals surface area contributed by atoms with Crippen LogP contribution in [0.2, 0.25) is 5.02 Å². The van der Waals surface area contributed by atoms with Gasteiger partial charge >= 0.3 is 0 Å². The number of nitrogens with zero attached hydrogens (tertiary/aromatic N) is 1. The maximum Gasteiger partial charge on any atom is 0.240 e. The van der Waals surface area contributed by atoms with Crippen LogP contribution in [0.5, 0.6) is 0 Å². The summed E-state index contributed by atoms with van der Waals surface area (Å²) in [5.41, 5.74) is 0. The minimum Gasteiger partial charge on any atom is -0.356 e. The van der Waals surface area contributed by atoms with E-state index >= 15 is 0 Å². The number of nitrogens with one attached hydrogen (secondary N) is 2. The first-order chi connectivity index (χ1) is 12.3. The van der Waals surface area contributed by atoms with Gasteiger partial charge in [0.1, 0.15) is 0 Å². The third-order valence-corrected chi connectivity index (χ3v) is 5.45. The van der Waals surface area contributed by atoms with Gasteiger partial charge in [0.05, 0.1) is 4.90 Å². The van der Waals surface area contributed by atoms with Crippen LogP contribution in [0, 0.1) is 0 Å². The van der Waals surface area contributed by atoms with Crippen LogP contribution in [-0.4, -0.2) is 51.3 Å². The van der Waals surface area contributed by atoms with Crippen LogP contribution in [0.4, 0.5) is 0 Å². The second-order valence-electron chi connectivity index (χ2n) is 5.62. The molecule has 0 aliphatic rings. The number of benzene rings is 1. The lowest BCUT2D eigenvalue weighted by atomic mass is 10.2. The average Bonchev–Trinajstić information content (AvgIpc) is 2.59. The van der Waals surface area contributed by atoms with Crippen molar-refractivity contribution in [2.75, 3.05) is 26.2 Å². The van der Waals surface area contributed by atoms with E-state index in [0.29, 0.717) is 37.5 Å². The molecule has 0 atom stereocenters. The van der Waals surface area contributed by atoms with Crippen LogP contribution in [0.25, 0.3) is 0 Å². The van der Waals surface area contributed by atoms with Gasteiger partial charge in [-0.15, -0.1) is 0 Å². The molecule has 1 rings (SSSR count). The Bertz CT molecular complexity index is 706. The normalized spacial score (nSPS) is 11.2. The first kappa shape index (κ1) is 22.4. The van der Waals surface area contributed by atoms with E-state index in [4.69, 9.17) is 11.6 Å². The quantitative estimate of drug-likeness (QED) is 0.550. The van der Waals surface area contributed by atoms with Crippen LogP contribution >= 0.6 is 11.6 Å². The number of hydrogen-bond acceptors (Lipinski definition) is 4. The number of sulfonamides is 1. The molecule has 146 valence electrons. The number of carbonyl (C=O) groups excluding carboxylic acids is 2. The van der Waals surface area contributed by atoms with Crippen LogP contribution < -0.4 is 10.0 Å². The molecule has 0 heterocycles. The third kappa shape index (κ3) is 7.72. The molecule has 2 amide bonds. The van der Waals surface area contributed by atoms with Gasteiger partial charge in [-0.3, -0.25) is 9.59 Å². The van der Waals surface area contributed by atoms with E-state index in [1.165, 1.54) is 12.1 Å². The molecule has 0 unspecified atom stereocenters. The SMILES string of the molecule is CCN(CC)C(=O)CCCNC(=O)CCNS(=O)(=O)c1cccc(Cl)c1. The molecule has 0 fully saturated rings. The molecule has 26 heavy (non-hydrogen) atoms. The molecule has 0 aliphatic carbocycles. The van der Waals surface area contributed by atoms with Crippen molar-refractivity contribution in [3.63, 3.8) is 0 Å². The Kier molecular flexibility index (Phi) is 9.61. The van der Waals surface area contributed by atoms with Crippen LogP contribution in [0.15, 0.2) is 29.2 Å². The van der Waals surface area contributed by atoms with Gasteiger partial charge in [-0.05, 0) is 38.5 Å². The fourth-order valence-electron chi connectivity index (χ4n) is 2.31. The summed E-state index contributed by atoms with van der Waals surface area (Å²) in [5.74, 6) is -0.201. The van der Waals surface area contributed by atoms with Crippen molar-refractivity contribution in [1.82, 2.24) is 14.9 Å². The van der Waals surface area contributed by atoms with Crippen LogP contribution in [0.1, 0.15) is 33.1 Å². The van der Waals surface area contributed by atoms with Crippen molar-refractivity contribution >= 4 is 33.4 Å². The van der Waals surface area contributed by atoms with Crippen molar-refractivity contribution < 1.29 is 18.0 Å². The van der Waals surface area contributed by atoms with Crippen molar-refractivity contribution in [1.29, 1.82) is 0 Å². The van der Waals surface area contributed by atoms with Crippen molar-refractivity contribution in [2.45, 2.75) is 38.0 Å². The minimum atomic E-state index is -3.69. The molecule has 9 heteroatoms. The van der Waals surface area contributed by atoms with Gasteiger partial charge in [0, 0.05) is 44.0 Å². The summed E-state index contributed by atoms with van der Waals surface area (Å²) in [6.07, 6.45) is 0.947. The zero-order chi connectivity index (χ0) is 19.6. The third-order valence-electron chi connectivity index (χ3n) is 3.76. The first-order valence-corrected chi connectivity index (χ1v) is 10.5. The molecule has 0 radical (unpaired) electrons. The highest BCUT2D eigenvalue weighted by Crippen LogP contribution is 2.14. The number of halogens is 1. The van der Waals surface area contributed by atoms with E-state index in [9.17, 15) is 18.0 Å². The Labute approximate surface area is 160 Å². The fraction of sp³-hybridized carbons (Fsp3) is 0.529. The van der Waals surface area contributed by atoms with Crippen molar-refractivity contribution in [3.8, 4) is 0 Å². The Balaban J connectivity index is 2.27. The molecule has 0 aromatic heterocycles. The van der Waals surface area contributed by atoms with Gasteiger partial charge in [-0.1, -0.05) is 17.7 Å². The standard InChI is InChI=1S/C17H26ClN3O4S/c1-3-21(4-2)17(23)9-6-11-19-16(22)10-12-20-26(24,25)15-8-5-7-14(18)13-15/h5,7-8,13,20H,3-4,6,9-12H2,1-2H3,(H,19,22). The highest BCUT2D eigenvalue weighted by atomic mass is 35.5. The Hall–Kier alpha value is -1.64. The molecule has 1 aromatic rings. The van der Waals surface area contributed by atoms with Crippen LogP contribution in [0.3, 0.4) is 0 Å². The largest absolute Gasteiger partial charge is 0.356 e. The predicted octanol–water partition coefficient (Wildman–Crippen LogP) is 1.77. The maximum absolute atomic E-state index is 12.1. The second kappa shape index (κ2) is 11.2. The number of amides is 2. The summed E-state index contributed by atoms with van der Waals surface area (Å²) in [7, 11) is -3.69. The molecule has 2 N–H and O–H groups in total. The summed E-state index contributed by atoms with van der Waals surface area (Å²) in [6, 6.07) is 5.90. The number of hydrogen-bond donors (Lipinski definition) is 2. The molecule has 0 spiro atoms. The molecule has 7 nitrogen and oxygen atoms in total. The summed E-state index contributed by atoms with van der Waals surface area (Å²) in [6.45, 7) is 5.57. The maximum atomic E-state index is 12.1. The lowest BCUT2D eigenvalue weighted by Gasteiger charge is -2.18. The first-order valence-electron chi connectivity index (χ1n) is 8.59. The van der Waals surface area contributed by atoms with Crippen LogP contribution in [-0.2, 0) is 19.6 Å². The van der Waals surface area contributed by atoms with Gasteiger partial charge in [-0.25, -0.2) is 13.1 Å². The molecule has 0 aliphatic heterocycles. The zero-order valence-electron chi connectivity index (χ0n) is 15.1. The molecule has 1 aromatic carbocycles. The van der Waals surface area contributed by atoms with Gasteiger partial charge in [0.2, 0.25) is 21.8 Å². The summed E-state index contributed by atoms with van der Waals surface area (Å²) < 4.78 is 26.5. The Morgan fingerprint density at radius 2 is 1.81 bits per heavy atom. The Morgan fingerprint density at radius 3 is 2.42 bits per heavy atom. The average molecular weight is 404 g/mol. The summed E-state index contributed by atoms with van der Waals surface area (Å²) >= 11 is 5.78. The zero-order valence-corrected chi connectivity index (χ0v) is 16.7. The van der Waals surface area contributed by atoms with E-state index in [1.54, 1.807) is 17.0 Å². The van der Waals surface area contributed by atoms with E-state index in [0.717, 1.165) is 0 Å². The van der Waals surface area contributed by atoms with E-state index < -0.39 is 10.0 Å².